The van der Waals surface area contributed by atoms with Gasteiger partial charge in [0.05, 0.1) is 6.04 Å². The maximum absolute atomic E-state index is 13.2. The van der Waals surface area contributed by atoms with Crippen LogP contribution in [0.4, 0.5) is 5.69 Å². The Balaban J connectivity index is 1.33. The minimum absolute atomic E-state index is 0.160. The highest BCUT2D eigenvalue weighted by Gasteiger charge is 2.29. The highest BCUT2D eigenvalue weighted by Crippen LogP contribution is 2.34. The van der Waals surface area contributed by atoms with E-state index in [2.05, 4.69) is 22.0 Å². The zero-order chi connectivity index (χ0) is 21.9. The molecule has 7 heteroatoms. The van der Waals surface area contributed by atoms with Crippen molar-refractivity contribution in [2.75, 3.05) is 12.1 Å². The maximum atomic E-state index is 13.2. The van der Waals surface area contributed by atoms with E-state index in [1.807, 2.05) is 48.5 Å². The third kappa shape index (κ3) is 4.15. The molecule has 7 nitrogen and oxygen atoms in total. The van der Waals surface area contributed by atoms with Gasteiger partial charge < -0.3 is 25.4 Å². The number of anilines is 1. The molecular formula is C25H23N3O4. The minimum Gasteiger partial charge on any atom is -0.454 e. The lowest BCUT2D eigenvalue weighted by atomic mass is 9.95. The molecule has 2 atom stereocenters. The van der Waals surface area contributed by atoms with Gasteiger partial charge in [-0.05, 0) is 35.2 Å². The van der Waals surface area contributed by atoms with Gasteiger partial charge in [0.1, 0.15) is 6.04 Å². The zero-order valence-corrected chi connectivity index (χ0v) is 17.3. The normalized spacial score (nSPS) is 17.2. The van der Waals surface area contributed by atoms with E-state index in [-0.39, 0.29) is 18.6 Å². The molecule has 2 aliphatic rings. The van der Waals surface area contributed by atoms with Crippen LogP contribution in [0.15, 0.2) is 72.8 Å². The molecule has 3 N–H and O–H groups in total. The summed E-state index contributed by atoms with van der Waals surface area (Å²) in [5.74, 6) is 0.668. The van der Waals surface area contributed by atoms with Gasteiger partial charge in [0.25, 0.3) is 5.91 Å². The van der Waals surface area contributed by atoms with Crippen LogP contribution in [0.3, 0.4) is 0 Å². The zero-order valence-electron chi connectivity index (χ0n) is 17.3. The summed E-state index contributed by atoms with van der Waals surface area (Å²) in [6.07, 6.45) is 0.577. The van der Waals surface area contributed by atoms with Gasteiger partial charge in [-0.25, -0.2) is 0 Å². The van der Waals surface area contributed by atoms with Crippen LogP contribution in [-0.4, -0.2) is 24.6 Å². The number of hydrogen-bond acceptors (Lipinski definition) is 5. The van der Waals surface area contributed by atoms with Crippen LogP contribution in [-0.2, 0) is 22.6 Å². The first-order valence-electron chi connectivity index (χ1n) is 10.5. The molecule has 3 aromatic rings. The Hall–Kier alpha value is -3.84. The Morgan fingerprint density at radius 1 is 0.906 bits per heavy atom. The summed E-state index contributed by atoms with van der Waals surface area (Å²) in [5, 5.41) is 9.10. The van der Waals surface area contributed by atoms with Crippen molar-refractivity contribution in [3.8, 4) is 11.5 Å². The number of rotatable bonds is 5. The van der Waals surface area contributed by atoms with E-state index >= 15 is 0 Å². The average Bonchev–Trinajstić information content (AvgIpc) is 3.30. The summed E-state index contributed by atoms with van der Waals surface area (Å²) in [4.78, 5) is 26.3. The van der Waals surface area contributed by atoms with Crippen molar-refractivity contribution in [1.82, 2.24) is 10.6 Å². The van der Waals surface area contributed by atoms with Crippen LogP contribution in [0.1, 0.15) is 22.7 Å². The van der Waals surface area contributed by atoms with Crippen LogP contribution in [0.25, 0.3) is 0 Å². The molecule has 32 heavy (non-hydrogen) atoms. The summed E-state index contributed by atoms with van der Waals surface area (Å²) in [6.45, 7) is 0.778. The Morgan fingerprint density at radius 2 is 1.66 bits per heavy atom. The summed E-state index contributed by atoms with van der Waals surface area (Å²) in [6, 6.07) is 21.2. The third-order valence-corrected chi connectivity index (χ3v) is 5.72. The van der Waals surface area contributed by atoms with Crippen LogP contribution in [0.2, 0.25) is 0 Å². The van der Waals surface area contributed by atoms with Crippen molar-refractivity contribution in [3.05, 3.63) is 89.5 Å². The summed E-state index contributed by atoms with van der Waals surface area (Å²) in [7, 11) is 0. The van der Waals surface area contributed by atoms with E-state index in [4.69, 9.17) is 9.47 Å². The van der Waals surface area contributed by atoms with Crippen LogP contribution in [0.5, 0.6) is 11.5 Å². The van der Waals surface area contributed by atoms with E-state index in [1.54, 1.807) is 18.2 Å². The highest BCUT2D eigenvalue weighted by atomic mass is 16.7. The van der Waals surface area contributed by atoms with Gasteiger partial charge >= 0.3 is 0 Å². The van der Waals surface area contributed by atoms with Crippen molar-refractivity contribution < 1.29 is 19.1 Å². The van der Waals surface area contributed by atoms with Crippen LogP contribution in [0, 0.1) is 0 Å². The molecular weight excluding hydrogens is 406 g/mol. The Kier molecular flexibility index (Phi) is 5.47. The van der Waals surface area contributed by atoms with E-state index in [1.165, 1.54) is 5.56 Å². The van der Waals surface area contributed by atoms with Crippen LogP contribution >= 0.6 is 0 Å². The van der Waals surface area contributed by atoms with Gasteiger partial charge in [0, 0.05) is 18.3 Å². The third-order valence-electron chi connectivity index (χ3n) is 5.72. The van der Waals surface area contributed by atoms with Crippen molar-refractivity contribution >= 4 is 17.5 Å². The number of hydrogen-bond donors (Lipinski definition) is 3. The average molecular weight is 429 g/mol. The van der Waals surface area contributed by atoms with Gasteiger partial charge in [-0.3, -0.25) is 9.59 Å². The van der Waals surface area contributed by atoms with Gasteiger partial charge in [0.15, 0.2) is 11.5 Å². The lowest BCUT2D eigenvalue weighted by Gasteiger charge is -2.27. The van der Waals surface area contributed by atoms with E-state index in [9.17, 15) is 9.59 Å². The fourth-order valence-corrected chi connectivity index (χ4v) is 4.02. The number of amides is 2. The van der Waals surface area contributed by atoms with Crippen LogP contribution < -0.4 is 25.4 Å². The molecule has 5 rings (SSSR count). The molecule has 2 amide bonds. The predicted octanol–water partition coefficient (Wildman–Crippen LogP) is 2.93. The highest BCUT2D eigenvalue weighted by molar-refractivity contribution is 5.98. The topological polar surface area (TPSA) is 88.7 Å². The Morgan fingerprint density at radius 3 is 2.50 bits per heavy atom. The first kappa shape index (κ1) is 20.1. The molecule has 0 aliphatic carbocycles. The lowest BCUT2D eigenvalue weighted by Crippen LogP contribution is -2.50. The monoisotopic (exact) mass is 429 g/mol. The number of carbonyl (C=O) groups excluding carboxylic acids is 2. The smallest absolute Gasteiger partial charge is 0.251 e. The molecule has 0 spiro atoms. The standard InChI is InChI=1S/C25H23N3O4/c29-24(20-12-17-8-4-5-9-18(17)14-26-20)28-23(16-6-2-1-3-7-16)25(30)27-19-10-11-21-22(13-19)32-15-31-21/h1-11,13,20,23,26H,12,14-15H2,(H,27,30)(H,28,29). The minimum atomic E-state index is -0.840. The van der Waals surface area contributed by atoms with E-state index < -0.39 is 12.1 Å². The van der Waals surface area contributed by atoms with Crippen molar-refractivity contribution in [2.24, 2.45) is 0 Å². The first-order chi connectivity index (χ1) is 15.7. The maximum Gasteiger partial charge on any atom is 0.251 e. The molecule has 2 heterocycles. The van der Waals surface area contributed by atoms with Gasteiger partial charge in [-0.1, -0.05) is 54.6 Å². The molecule has 162 valence electrons. The van der Waals surface area contributed by atoms with Gasteiger partial charge in [-0.15, -0.1) is 0 Å². The summed E-state index contributed by atoms with van der Waals surface area (Å²) >= 11 is 0. The molecule has 0 aromatic heterocycles. The second-order valence-electron chi connectivity index (χ2n) is 7.82. The molecule has 0 bridgehead atoms. The molecule has 3 aromatic carbocycles. The largest absolute Gasteiger partial charge is 0.454 e. The van der Waals surface area contributed by atoms with Crippen molar-refractivity contribution in [1.29, 1.82) is 0 Å². The Labute approximate surface area is 185 Å². The molecule has 2 aliphatic heterocycles. The van der Waals surface area contributed by atoms with E-state index in [0.717, 1.165) is 5.56 Å². The van der Waals surface area contributed by atoms with E-state index in [0.29, 0.717) is 35.7 Å². The fourth-order valence-electron chi connectivity index (χ4n) is 4.02. The lowest BCUT2D eigenvalue weighted by molar-refractivity contribution is -0.128. The van der Waals surface area contributed by atoms with Crippen molar-refractivity contribution in [3.63, 3.8) is 0 Å². The number of carbonyl (C=O) groups is 2. The SMILES string of the molecule is O=C(NC(C(=O)Nc1ccc2c(c1)OCO2)c1ccccc1)C1Cc2ccccc2CN1. The summed E-state index contributed by atoms with van der Waals surface area (Å²) in [5.41, 5.74) is 3.61. The summed E-state index contributed by atoms with van der Waals surface area (Å²) < 4.78 is 10.7. The van der Waals surface area contributed by atoms with Crippen molar-refractivity contribution in [2.45, 2.75) is 25.0 Å². The molecule has 0 fully saturated rings. The predicted molar refractivity (Wildman–Crippen MR) is 119 cm³/mol. The van der Waals surface area contributed by atoms with Gasteiger partial charge in [0.2, 0.25) is 12.7 Å². The number of fused-ring (bicyclic) bond motifs is 2. The number of benzene rings is 3. The number of ether oxygens (including phenoxy) is 2. The molecule has 0 saturated heterocycles. The molecule has 0 saturated carbocycles. The second-order valence-corrected chi connectivity index (χ2v) is 7.82. The van der Waals surface area contributed by atoms with Gasteiger partial charge in [-0.2, -0.15) is 0 Å². The first-order valence-corrected chi connectivity index (χ1v) is 10.5. The second kappa shape index (κ2) is 8.72. The Bertz CT molecular complexity index is 1150. The molecule has 2 unspecified atom stereocenters. The fraction of sp³-hybridized carbons (Fsp3) is 0.200. The molecule has 0 radical (unpaired) electrons. The quantitative estimate of drug-likeness (QED) is 0.580. The number of nitrogens with one attached hydrogen (secondary N) is 3.